The smallest absolute Gasteiger partial charge is 0.393 e. The van der Waals surface area contributed by atoms with E-state index in [-0.39, 0.29) is 13.2 Å². The van der Waals surface area contributed by atoms with Crippen LogP contribution in [0.3, 0.4) is 0 Å². The van der Waals surface area contributed by atoms with E-state index in [0.717, 1.165) is 12.1 Å². The summed E-state index contributed by atoms with van der Waals surface area (Å²) in [5, 5.41) is 14.2. The fourth-order valence-electron chi connectivity index (χ4n) is 1.92. The molecule has 130 valence electrons. The summed E-state index contributed by atoms with van der Waals surface area (Å²) in [6.45, 7) is 1.88. The zero-order valence-corrected chi connectivity index (χ0v) is 13.0. The van der Waals surface area contributed by atoms with Gasteiger partial charge in [0.05, 0.1) is 24.3 Å². The van der Waals surface area contributed by atoms with Crippen molar-refractivity contribution in [2.75, 3.05) is 20.3 Å². The second-order valence-corrected chi connectivity index (χ2v) is 5.17. The molecule has 0 spiro atoms. The van der Waals surface area contributed by atoms with Crippen LogP contribution in [0, 0.1) is 0 Å². The van der Waals surface area contributed by atoms with Crippen LogP contribution in [0.5, 0.6) is 0 Å². The van der Waals surface area contributed by atoms with E-state index in [1.165, 1.54) is 19.2 Å². The predicted molar refractivity (Wildman–Crippen MR) is 78.9 cm³/mol. The largest absolute Gasteiger partial charge is 0.416 e. The van der Waals surface area contributed by atoms with Crippen molar-refractivity contribution < 1.29 is 27.8 Å². The van der Waals surface area contributed by atoms with Crippen molar-refractivity contribution in [1.29, 1.82) is 0 Å². The number of amides is 2. The third-order valence-corrected chi connectivity index (χ3v) is 3.10. The standard InChI is InChI=1S/C15H21F3N2O3/c1-10(21)6-7-19-14(22)20-13(9-23-2)11-4-3-5-12(8-11)15(16,17)18/h3-5,8,10,13,21H,6-7,9H2,1-2H3,(H2,19,20,22). The van der Waals surface area contributed by atoms with E-state index in [1.54, 1.807) is 6.92 Å². The Bertz CT molecular complexity index is 507. The molecule has 0 radical (unpaired) electrons. The number of alkyl halides is 3. The molecule has 0 bridgehead atoms. The minimum atomic E-state index is -4.45. The average Bonchev–Trinajstić information content (AvgIpc) is 2.45. The molecule has 0 fully saturated rings. The van der Waals surface area contributed by atoms with Gasteiger partial charge in [0.25, 0.3) is 0 Å². The van der Waals surface area contributed by atoms with E-state index >= 15 is 0 Å². The highest BCUT2D eigenvalue weighted by molar-refractivity contribution is 5.74. The Morgan fingerprint density at radius 3 is 2.65 bits per heavy atom. The molecular formula is C15H21F3N2O3. The van der Waals surface area contributed by atoms with Gasteiger partial charge >= 0.3 is 12.2 Å². The van der Waals surface area contributed by atoms with Crippen molar-refractivity contribution in [1.82, 2.24) is 10.6 Å². The van der Waals surface area contributed by atoms with Crippen LogP contribution in [0.25, 0.3) is 0 Å². The molecule has 5 nitrogen and oxygen atoms in total. The highest BCUT2D eigenvalue weighted by atomic mass is 19.4. The monoisotopic (exact) mass is 334 g/mol. The Hall–Kier alpha value is -1.80. The molecule has 0 saturated heterocycles. The highest BCUT2D eigenvalue weighted by Crippen LogP contribution is 2.30. The Balaban J connectivity index is 2.76. The van der Waals surface area contributed by atoms with Crippen LogP contribution in [-0.2, 0) is 10.9 Å². The average molecular weight is 334 g/mol. The molecule has 0 aliphatic carbocycles. The first-order valence-corrected chi connectivity index (χ1v) is 7.12. The number of aliphatic hydroxyl groups is 1. The van der Waals surface area contributed by atoms with Gasteiger partial charge in [0.2, 0.25) is 0 Å². The molecule has 1 rings (SSSR count). The number of hydrogen-bond donors (Lipinski definition) is 3. The molecule has 8 heteroatoms. The van der Waals surface area contributed by atoms with Crippen LogP contribution >= 0.6 is 0 Å². The number of ether oxygens (including phenoxy) is 1. The topological polar surface area (TPSA) is 70.6 Å². The molecule has 1 aromatic carbocycles. The minimum absolute atomic E-state index is 0.0329. The molecule has 0 aliphatic heterocycles. The molecule has 2 amide bonds. The maximum Gasteiger partial charge on any atom is 0.416 e. The number of methoxy groups -OCH3 is 1. The first kappa shape index (κ1) is 19.2. The first-order chi connectivity index (χ1) is 10.7. The second kappa shape index (κ2) is 8.73. The van der Waals surface area contributed by atoms with Crippen molar-refractivity contribution in [3.05, 3.63) is 35.4 Å². The number of rotatable bonds is 7. The van der Waals surface area contributed by atoms with Gasteiger partial charge < -0.3 is 20.5 Å². The van der Waals surface area contributed by atoms with Gasteiger partial charge in [0.1, 0.15) is 0 Å². The van der Waals surface area contributed by atoms with Gasteiger partial charge in [-0.25, -0.2) is 4.79 Å². The zero-order valence-electron chi connectivity index (χ0n) is 13.0. The molecule has 0 saturated carbocycles. The summed E-state index contributed by atoms with van der Waals surface area (Å²) in [5.41, 5.74) is -0.486. The van der Waals surface area contributed by atoms with E-state index in [1.807, 2.05) is 0 Å². The van der Waals surface area contributed by atoms with Gasteiger partial charge in [0.15, 0.2) is 0 Å². The Kier molecular flexibility index (Phi) is 7.31. The normalized spacial score (nSPS) is 14.2. The number of nitrogens with one attached hydrogen (secondary N) is 2. The number of halogens is 3. The maximum absolute atomic E-state index is 12.8. The van der Waals surface area contributed by atoms with E-state index in [2.05, 4.69) is 10.6 Å². The molecule has 3 N–H and O–H groups in total. The highest BCUT2D eigenvalue weighted by Gasteiger charge is 2.31. The van der Waals surface area contributed by atoms with E-state index in [0.29, 0.717) is 12.0 Å². The number of carbonyl (C=O) groups excluding carboxylic acids is 1. The van der Waals surface area contributed by atoms with Crippen LogP contribution in [0.4, 0.5) is 18.0 Å². The Morgan fingerprint density at radius 2 is 2.09 bits per heavy atom. The molecule has 2 unspecified atom stereocenters. The molecular weight excluding hydrogens is 313 g/mol. The number of benzene rings is 1. The molecule has 0 aromatic heterocycles. The number of aliphatic hydroxyl groups excluding tert-OH is 1. The number of carbonyl (C=O) groups is 1. The van der Waals surface area contributed by atoms with Crippen molar-refractivity contribution in [3.8, 4) is 0 Å². The summed E-state index contributed by atoms with van der Waals surface area (Å²) in [4.78, 5) is 11.8. The quantitative estimate of drug-likeness (QED) is 0.717. The first-order valence-electron chi connectivity index (χ1n) is 7.12. The SMILES string of the molecule is COCC(NC(=O)NCCC(C)O)c1cccc(C(F)(F)F)c1. The molecule has 0 aliphatic rings. The zero-order chi connectivity index (χ0) is 17.5. The predicted octanol–water partition coefficient (Wildman–Crippen LogP) is 2.46. The Morgan fingerprint density at radius 1 is 1.39 bits per heavy atom. The van der Waals surface area contributed by atoms with Crippen molar-refractivity contribution >= 4 is 6.03 Å². The molecule has 23 heavy (non-hydrogen) atoms. The lowest BCUT2D eigenvalue weighted by Gasteiger charge is -2.20. The van der Waals surface area contributed by atoms with Crippen LogP contribution in [0.2, 0.25) is 0 Å². The summed E-state index contributed by atoms with van der Waals surface area (Å²) in [5.74, 6) is 0. The van der Waals surface area contributed by atoms with Gasteiger partial charge in [-0.1, -0.05) is 12.1 Å². The minimum Gasteiger partial charge on any atom is -0.393 e. The summed E-state index contributed by atoms with van der Waals surface area (Å²) >= 11 is 0. The van der Waals surface area contributed by atoms with Crippen molar-refractivity contribution in [3.63, 3.8) is 0 Å². The van der Waals surface area contributed by atoms with Crippen LogP contribution in [0.1, 0.15) is 30.5 Å². The third kappa shape index (κ3) is 6.87. The van der Waals surface area contributed by atoms with Crippen LogP contribution in [-0.4, -0.2) is 37.5 Å². The fourth-order valence-corrected chi connectivity index (χ4v) is 1.92. The third-order valence-electron chi connectivity index (χ3n) is 3.10. The fraction of sp³-hybridized carbons (Fsp3) is 0.533. The lowest BCUT2D eigenvalue weighted by atomic mass is 10.0. The molecule has 1 aromatic rings. The maximum atomic E-state index is 12.8. The number of urea groups is 1. The summed E-state index contributed by atoms with van der Waals surface area (Å²) < 4.78 is 43.3. The summed E-state index contributed by atoms with van der Waals surface area (Å²) in [6.07, 6.45) is -4.62. The summed E-state index contributed by atoms with van der Waals surface area (Å²) in [6, 6.07) is 3.48. The van der Waals surface area contributed by atoms with Gasteiger partial charge in [-0.2, -0.15) is 13.2 Å². The van der Waals surface area contributed by atoms with Gasteiger partial charge in [-0.3, -0.25) is 0 Å². The van der Waals surface area contributed by atoms with Crippen LogP contribution < -0.4 is 10.6 Å². The van der Waals surface area contributed by atoms with Gasteiger partial charge in [-0.15, -0.1) is 0 Å². The van der Waals surface area contributed by atoms with Gasteiger partial charge in [-0.05, 0) is 31.0 Å². The van der Waals surface area contributed by atoms with Gasteiger partial charge in [0, 0.05) is 13.7 Å². The summed E-state index contributed by atoms with van der Waals surface area (Å²) in [7, 11) is 1.40. The molecule has 0 heterocycles. The lowest BCUT2D eigenvalue weighted by molar-refractivity contribution is -0.137. The lowest BCUT2D eigenvalue weighted by Crippen LogP contribution is -2.40. The van der Waals surface area contributed by atoms with Crippen LogP contribution in [0.15, 0.2) is 24.3 Å². The van der Waals surface area contributed by atoms with E-state index < -0.39 is 29.9 Å². The van der Waals surface area contributed by atoms with Crippen molar-refractivity contribution in [2.24, 2.45) is 0 Å². The number of hydrogen-bond acceptors (Lipinski definition) is 3. The van der Waals surface area contributed by atoms with Crippen molar-refractivity contribution in [2.45, 2.75) is 31.7 Å². The van der Waals surface area contributed by atoms with E-state index in [9.17, 15) is 18.0 Å². The molecule has 2 atom stereocenters. The van der Waals surface area contributed by atoms with E-state index in [4.69, 9.17) is 9.84 Å². The second-order valence-electron chi connectivity index (χ2n) is 5.17. The Labute approximate surface area is 132 Å².